The smallest absolute Gasteiger partial charge is 0.343 e. The number of ether oxygens (including phenoxy) is 1. The lowest BCUT2D eigenvalue weighted by molar-refractivity contribution is 0.0687. The third kappa shape index (κ3) is 2.24. The second-order valence-electron chi connectivity index (χ2n) is 5.71. The maximum absolute atomic E-state index is 14.1. The number of aromatic carboxylic acids is 1. The first-order valence-corrected chi connectivity index (χ1v) is 7.24. The number of carbonyl (C=O) groups is 1. The highest BCUT2D eigenvalue weighted by atomic mass is 19.1. The van der Waals surface area contributed by atoms with Crippen LogP contribution in [0, 0.1) is 11.7 Å². The maximum Gasteiger partial charge on any atom is 0.343 e. The third-order valence-electron chi connectivity index (χ3n) is 3.95. The standard InChI is InChI=1S/C16H17FN2O3/c1-9(2)12-7-8-22-15-13(16(20)21)14(18-19(12)15)10-5-3-4-6-11(10)17/h3-6,9,12H,7-8H2,1-2H3,(H,20,21). The molecule has 0 aliphatic carbocycles. The monoisotopic (exact) mass is 304 g/mol. The van der Waals surface area contributed by atoms with Crippen molar-refractivity contribution in [2.45, 2.75) is 26.3 Å². The van der Waals surface area contributed by atoms with Gasteiger partial charge in [0.2, 0.25) is 5.88 Å². The van der Waals surface area contributed by atoms with E-state index in [1.54, 1.807) is 16.8 Å². The van der Waals surface area contributed by atoms with Gasteiger partial charge in [-0.3, -0.25) is 0 Å². The number of fused-ring (bicyclic) bond motifs is 1. The van der Waals surface area contributed by atoms with Crippen LogP contribution < -0.4 is 4.74 Å². The minimum atomic E-state index is -1.16. The molecule has 0 saturated carbocycles. The average Bonchev–Trinajstić information content (AvgIpc) is 2.86. The molecule has 0 spiro atoms. The van der Waals surface area contributed by atoms with Gasteiger partial charge in [-0.2, -0.15) is 5.10 Å². The third-order valence-corrected chi connectivity index (χ3v) is 3.95. The number of benzene rings is 1. The van der Waals surface area contributed by atoms with Crippen LogP contribution in [0.4, 0.5) is 4.39 Å². The van der Waals surface area contributed by atoms with Crippen LogP contribution in [0.15, 0.2) is 24.3 Å². The summed E-state index contributed by atoms with van der Waals surface area (Å²) in [4.78, 5) is 11.7. The summed E-state index contributed by atoms with van der Waals surface area (Å²) in [6.07, 6.45) is 0.752. The van der Waals surface area contributed by atoms with Crippen LogP contribution in [0.2, 0.25) is 0 Å². The van der Waals surface area contributed by atoms with Crippen molar-refractivity contribution in [3.05, 3.63) is 35.6 Å². The molecule has 1 atom stereocenters. The Bertz CT molecular complexity index is 724. The number of carboxylic acids is 1. The molecule has 2 heterocycles. The molecule has 1 N–H and O–H groups in total. The van der Waals surface area contributed by atoms with Crippen LogP contribution in [0.5, 0.6) is 5.88 Å². The summed E-state index contributed by atoms with van der Waals surface area (Å²) < 4.78 is 21.2. The van der Waals surface area contributed by atoms with E-state index in [1.807, 2.05) is 13.8 Å². The molecule has 0 saturated heterocycles. The van der Waals surface area contributed by atoms with Gasteiger partial charge in [0, 0.05) is 12.0 Å². The Balaban J connectivity index is 2.24. The zero-order valence-electron chi connectivity index (χ0n) is 12.4. The Labute approximate surface area is 127 Å². The van der Waals surface area contributed by atoms with Gasteiger partial charge in [-0.25, -0.2) is 13.9 Å². The summed E-state index contributed by atoms with van der Waals surface area (Å²) in [6, 6.07) is 6.08. The van der Waals surface area contributed by atoms with Crippen LogP contribution in [-0.2, 0) is 0 Å². The predicted octanol–water partition coefficient (Wildman–Crippen LogP) is 3.37. The minimum absolute atomic E-state index is 0.0439. The summed E-state index contributed by atoms with van der Waals surface area (Å²) in [5, 5.41) is 13.9. The predicted molar refractivity (Wildman–Crippen MR) is 78.6 cm³/mol. The second kappa shape index (κ2) is 5.44. The lowest BCUT2D eigenvalue weighted by Gasteiger charge is -2.27. The number of aromatic nitrogens is 2. The van der Waals surface area contributed by atoms with E-state index in [9.17, 15) is 14.3 Å². The molecule has 0 radical (unpaired) electrons. The fraction of sp³-hybridized carbons (Fsp3) is 0.375. The molecule has 0 bridgehead atoms. The number of hydrogen-bond acceptors (Lipinski definition) is 3. The van der Waals surface area contributed by atoms with Crippen molar-refractivity contribution in [3.8, 4) is 17.1 Å². The zero-order chi connectivity index (χ0) is 15.9. The van der Waals surface area contributed by atoms with Gasteiger partial charge in [0.05, 0.1) is 12.6 Å². The van der Waals surface area contributed by atoms with E-state index in [4.69, 9.17) is 4.74 Å². The summed E-state index contributed by atoms with van der Waals surface area (Å²) in [5.74, 6) is -1.17. The van der Waals surface area contributed by atoms with Crippen LogP contribution in [0.25, 0.3) is 11.3 Å². The molecular formula is C16H17FN2O3. The Morgan fingerprint density at radius 2 is 2.18 bits per heavy atom. The van der Waals surface area contributed by atoms with Crippen molar-refractivity contribution in [1.82, 2.24) is 9.78 Å². The SMILES string of the molecule is CC(C)C1CCOc2c(C(=O)O)c(-c3ccccc3F)nn21. The highest BCUT2D eigenvalue weighted by molar-refractivity contribution is 5.97. The highest BCUT2D eigenvalue weighted by Crippen LogP contribution is 2.38. The van der Waals surface area contributed by atoms with E-state index in [2.05, 4.69) is 5.10 Å². The van der Waals surface area contributed by atoms with Crippen molar-refractivity contribution in [2.75, 3.05) is 6.61 Å². The highest BCUT2D eigenvalue weighted by Gasteiger charge is 2.33. The average molecular weight is 304 g/mol. The summed E-state index contributed by atoms with van der Waals surface area (Å²) in [6.45, 7) is 4.53. The number of carboxylic acid groups (broad SMARTS) is 1. The zero-order valence-corrected chi connectivity index (χ0v) is 12.4. The molecule has 5 nitrogen and oxygen atoms in total. The molecule has 1 aromatic carbocycles. The molecule has 116 valence electrons. The van der Waals surface area contributed by atoms with Gasteiger partial charge in [-0.1, -0.05) is 26.0 Å². The van der Waals surface area contributed by atoms with Crippen molar-refractivity contribution in [3.63, 3.8) is 0 Å². The lowest BCUT2D eigenvalue weighted by Crippen LogP contribution is -2.25. The van der Waals surface area contributed by atoms with Gasteiger partial charge in [-0.15, -0.1) is 0 Å². The van der Waals surface area contributed by atoms with Crippen molar-refractivity contribution >= 4 is 5.97 Å². The van der Waals surface area contributed by atoms with E-state index in [0.29, 0.717) is 6.61 Å². The van der Waals surface area contributed by atoms with Gasteiger partial charge in [-0.05, 0) is 18.1 Å². The molecule has 1 aliphatic rings. The number of hydrogen-bond donors (Lipinski definition) is 1. The van der Waals surface area contributed by atoms with E-state index in [0.717, 1.165) is 6.42 Å². The molecule has 2 aromatic rings. The summed E-state index contributed by atoms with van der Waals surface area (Å²) in [5.41, 5.74) is 0.219. The lowest BCUT2D eigenvalue weighted by atomic mass is 10.0. The molecule has 3 rings (SSSR count). The largest absolute Gasteiger partial charge is 0.477 e. The first-order valence-electron chi connectivity index (χ1n) is 7.24. The maximum atomic E-state index is 14.1. The van der Waals surface area contributed by atoms with Gasteiger partial charge in [0.15, 0.2) is 0 Å². The number of halogens is 1. The molecule has 0 fully saturated rings. The van der Waals surface area contributed by atoms with Crippen LogP contribution in [0.3, 0.4) is 0 Å². The van der Waals surface area contributed by atoms with Crippen molar-refractivity contribution < 1.29 is 19.0 Å². The summed E-state index contributed by atoms with van der Waals surface area (Å²) in [7, 11) is 0. The Hall–Kier alpha value is -2.37. The molecule has 22 heavy (non-hydrogen) atoms. The first kappa shape index (κ1) is 14.6. The molecule has 6 heteroatoms. The van der Waals surface area contributed by atoms with Crippen molar-refractivity contribution in [2.24, 2.45) is 5.92 Å². The van der Waals surface area contributed by atoms with Crippen LogP contribution in [0.1, 0.15) is 36.7 Å². The van der Waals surface area contributed by atoms with Crippen LogP contribution in [-0.4, -0.2) is 27.5 Å². The topological polar surface area (TPSA) is 64.3 Å². The second-order valence-corrected chi connectivity index (χ2v) is 5.71. The molecule has 1 unspecified atom stereocenters. The van der Waals surface area contributed by atoms with E-state index in [1.165, 1.54) is 12.1 Å². The minimum Gasteiger partial charge on any atom is -0.477 e. The summed E-state index contributed by atoms with van der Waals surface area (Å²) >= 11 is 0. The molecular weight excluding hydrogens is 287 g/mol. The molecule has 1 aliphatic heterocycles. The molecule has 1 aromatic heterocycles. The van der Waals surface area contributed by atoms with Gasteiger partial charge in [0.25, 0.3) is 0 Å². The number of nitrogens with zero attached hydrogens (tertiary/aromatic N) is 2. The van der Waals surface area contributed by atoms with E-state index >= 15 is 0 Å². The quantitative estimate of drug-likeness (QED) is 0.944. The fourth-order valence-electron chi connectivity index (χ4n) is 2.83. The first-order chi connectivity index (χ1) is 10.5. The van der Waals surface area contributed by atoms with Gasteiger partial charge < -0.3 is 9.84 Å². The Kier molecular flexibility index (Phi) is 3.60. The van der Waals surface area contributed by atoms with E-state index < -0.39 is 11.8 Å². The van der Waals surface area contributed by atoms with Gasteiger partial charge >= 0.3 is 5.97 Å². The molecule has 0 amide bonds. The normalized spacial score (nSPS) is 17.2. The van der Waals surface area contributed by atoms with Crippen LogP contribution >= 0.6 is 0 Å². The number of rotatable bonds is 3. The van der Waals surface area contributed by atoms with Crippen molar-refractivity contribution in [1.29, 1.82) is 0 Å². The fourth-order valence-corrected chi connectivity index (χ4v) is 2.83. The van der Waals surface area contributed by atoms with E-state index in [-0.39, 0.29) is 34.7 Å². The Morgan fingerprint density at radius 3 is 2.82 bits per heavy atom. The Morgan fingerprint density at radius 1 is 1.45 bits per heavy atom. The van der Waals surface area contributed by atoms with Gasteiger partial charge in [0.1, 0.15) is 17.1 Å².